The van der Waals surface area contributed by atoms with Gasteiger partial charge in [-0.25, -0.2) is 0 Å². The third-order valence-electron chi connectivity index (χ3n) is 3.32. The van der Waals surface area contributed by atoms with Crippen molar-refractivity contribution in [2.24, 2.45) is 0 Å². The summed E-state index contributed by atoms with van der Waals surface area (Å²) in [6.45, 7) is 1.82. The molecule has 0 aliphatic heterocycles. The molecule has 1 amide bonds. The highest BCUT2D eigenvalue weighted by Gasteiger charge is 2.14. The summed E-state index contributed by atoms with van der Waals surface area (Å²) >= 11 is 12.0. The van der Waals surface area contributed by atoms with Gasteiger partial charge in [-0.1, -0.05) is 41.4 Å². The Morgan fingerprint density at radius 1 is 1.22 bits per heavy atom. The van der Waals surface area contributed by atoms with E-state index in [1.807, 2.05) is 6.92 Å². The van der Waals surface area contributed by atoms with Crippen LogP contribution in [-0.2, 0) is 11.2 Å². The molecule has 0 aromatic heterocycles. The third kappa shape index (κ3) is 4.68. The Kier molecular flexibility index (Phi) is 5.58. The van der Waals surface area contributed by atoms with Crippen LogP contribution in [0.3, 0.4) is 0 Å². The van der Waals surface area contributed by atoms with E-state index in [9.17, 15) is 14.9 Å². The fourth-order valence-corrected chi connectivity index (χ4v) is 2.72. The second-order valence-corrected chi connectivity index (χ2v) is 5.90. The quantitative estimate of drug-likeness (QED) is 0.643. The number of benzene rings is 2. The van der Waals surface area contributed by atoms with Gasteiger partial charge >= 0.3 is 0 Å². The summed E-state index contributed by atoms with van der Waals surface area (Å²) in [7, 11) is 0. The zero-order chi connectivity index (χ0) is 17.0. The number of nitrogens with one attached hydrogen (secondary N) is 1. The first-order valence-electron chi connectivity index (χ1n) is 6.84. The van der Waals surface area contributed by atoms with Crippen LogP contribution >= 0.6 is 23.2 Å². The summed E-state index contributed by atoms with van der Waals surface area (Å²) < 4.78 is 0. The molecule has 23 heavy (non-hydrogen) atoms. The van der Waals surface area contributed by atoms with Gasteiger partial charge < -0.3 is 5.32 Å². The molecule has 1 atom stereocenters. The SMILES string of the molecule is CC(NC(=O)Cc1ccc([N+](=O)[O-])cc1)c1ccc(Cl)cc1Cl. The molecule has 1 unspecified atom stereocenters. The molecule has 2 aromatic rings. The van der Waals surface area contributed by atoms with Crippen molar-refractivity contribution in [2.45, 2.75) is 19.4 Å². The first kappa shape index (κ1) is 17.2. The second-order valence-electron chi connectivity index (χ2n) is 5.06. The first-order valence-corrected chi connectivity index (χ1v) is 7.60. The van der Waals surface area contributed by atoms with Gasteiger partial charge in [0.2, 0.25) is 5.91 Å². The Labute approximate surface area is 143 Å². The van der Waals surface area contributed by atoms with Gasteiger partial charge in [0.1, 0.15) is 0 Å². The lowest BCUT2D eigenvalue weighted by Crippen LogP contribution is -2.28. The normalized spacial score (nSPS) is 11.8. The lowest BCUT2D eigenvalue weighted by molar-refractivity contribution is -0.384. The molecular weight excluding hydrogens is 339 g/mol. The fourth-order valence-electron chi connectivity index (χ4n) is 2.14. The summed E-state index contributed by atoms with van der Waals surface area (Å²) in [6, 6.07) is 10.7. The maximum atomic E-state index is 12.1. The molecule has 0 fully saturated rings. The van der Waals surface area contributed by atoms with E-state index in [-0.39, 0.29) is 24.1 Å². The van der Waals surface area contributed by atoms with Crippen LogP contribution < -0.4 is 5.32 Å². The van der Waals surface area contributed by atoms with Crippen LogP contribution in [0.5, 0.6) is 0 Å². The van der Waals surface area contributed by atoms with Crippen LogP contribution in [0.2, 0.25) is 10.0 Å². The molecule has 2 rings (SSSR count). The summed E-state index contributed by atoms with van der Waals surface area (Å²) in [6.07, 6.45) is 0.132. The van der Waals surface area contributed by atoms with Crippen molar-refractivity contribution in [2.75, 3.05) is 0 Å². The number of halogens is 2. The summed E-state index contributed by atoms with van der Waals surface area (Å²) in [5.41, 5.74) is 1.46. The topological polar surface area (TPSA) is 72.2 Å². The molecule has 0 radical (unpaired) electrons. The molecule has 2 aromatic carbocycles. The van der Waals surface area contributed by atoms with E-state index in [0.29, 0.717) is 15.6 Å². The highest BCUT2D eigenvalue weighted by molar-refractivity contribution is 6.35. The van der Waals surface area contributed by atoms with E-state index in [0.717, 1.165) is 5.56 Å². The molecule has 0 bridgehead atoms. The predicted octanol–water partition coefficient (Wildman–Crippen LogP) is 4.32. The van der Waals surface area contributed by atoms with E-state index in [1.165, 1.54) is 12.1 Å². The van der Waals surface area contributed by atoms with Crippen LogP contribution in [0.4, 0.5) is 5.69 Å². The third-order valence-corrected chi connectivity index (χ3v) is 3.88. The van der Waals surface area contributed by atoms with Crippen molar-refractivity contribution in [3.63, 3.8) is 0 Å². The summed E-state index contributed by atoms with van der Waals surface area (Å²) in [5, 5.41) is 14.5. The Balaban J connectivity index is 1.99. The van der Waals surface area contributed by atoms with Crippen molar-refractivity contribution in [3.8, 4) is 0 Å². The van der Waals surface area contributed by atoms with Crippen molar-refractivity contribution in [1.29, 1.82) is 0 Å². The maximum Gasteiger partial charge on any atom is 0.269 e. The van der Waals surface area contributed by atoms with Gasteiger partial charge in [-0.05, 0) is 30.2 Å². The van der Waals surface area contributed by atoms with Crippen LogP contribution in [0.25, 0.3) is 0 Å². The van der Waals surface area contributed by atoms with Crippen molar-refractivity contribution >= 4 is 34.8 Å². The van der Waals surface area contributed by atoms with Crippen LogP contribution in [0, 0.1) is 10.1 Å². The Hall–Kier alpha value is -2.11. The average Bonchev–Trinajstić information content (AvgIpc) is 2.47. The van der Waals surface area contributed by atoms with Gasteiger partial charge in [0.05, 0.1) is 17.4 Å². The minimum absolute atomic E-state index is 0.00419. The minimum Gasteiger partial charge on any atom is -0.349 e. The monoisotopic (exact) mass is 352 g/mol. The molecule has 0 spiro atoms. The van der Waals surface area contributed by atoms with Gasteiger partial charge in [-0.2, -0.15) is 0 Å². The minimum atomic E-state index is -0.478. The van der Waals surface area contributed by atoms with Crippen molar-refractivity contribution < 1.29 is 9.72 Å². The fraction of sp³-hybridized carbons (Fsp3) is 0.188. The molecular formula is C16H14Cl2N2O3. The number of nitrogens with zero attached hydrogens (tertiary/aromatic N) is 1. The van der Waals surface area contributed by atoms with Gasteiger partial charge in [-0.15, -0.1) is 0 Å². The van der Waals surface area contributed by atoms with Crippen LogP contribution in [0.15, 0.2) is 42.5 Å². The number of nitro benzene ring substituents is 1. The molecule has 0 saturated carbocycles. The Morgan fingerprint density at radius 2 is 1.87 bits per heavy atom. The first-order chi connectivity index (χ1) is 10.9. The van der Waals surface area contributed by atoms with E-state index >= 15 is 0 Å². The largest absolute Gasteiger partial charge is 0.349 e. The number of carbonyl (C=O) groups is 1. The predicted molar refractivity (Wildman–Crippen MR) is 89.8 cm³/mol. The number of nitro groups is 1. The van der Waals surface area contributed by atoms with Gasteiger partial charge in [0, 0.05) is 22.2 Å². The lowest BCUT2D eigenvalue weighted by atomic mass is 10.1. The highest BCUT2D eigenvalue weighted by Crippen LogP contribution is 2.26. The van der Waals surface area contributed by atoms with E-state index in [1.54, 1.807) is 30.3 Å². The maximum absolute atomic E-state index is 12.1. The summed E-state index contributed by atoms with van der Waals surface area (Å²) in [4.78, 5) is 22.2. The number of non-ortho nitro benzene ring substituents is 1. The number of rotatable bonds is 5. The molecule has 0 aliphatic rings. The standard InChI is InChI=1S/C16H14Cl2N2O3/c1-10(14-7-4-12(17)9-15(14)18)19-16(21)8-11-2-5-13(6-3-11)20(22)23/h2-7,9-10H,8H2,1H3,(H,19,21). The number of amides is 1. The van der Waals surface area contributed by atoms with Crippen molar-refractivity contribution in [3.05, 3.63) is 73.8 Å². The number of carbonyl (C=O) groups excluding carboxylic acids is 1. The van der Waals surface area contributed by atoms with E-state index < -0.39 is 4.92 Å². The number of hydrogen-bond donors (Lipinski definition) is 1. The van der Waals surface area contributed by atoms with Crippen LogP contribution in [-0.4, -0.2) is 10.8 Å². The molecule has 120 valence electrons. The summed E-state index contributed by atoms with van der Waals surface area (Å²) in [5.74, 6) is -0.197. The second kappa shape index (κ2) is 7.44. The molecule has 1 N–H and O–H groups in total. The molecule has 0 aliphatic carbocycles. The Morgan fingerprint density at radius 3 is 2.43 bits per heavy atom. The van der Waals surface area contributed by atoms with Crippen molar-refractivity contribution in [1.82, 2.24) is 5.32 Å². The Bertz CT molecular complexity index is 733. The number of hydrogen-bond acceptors (Lipinski definition) is 3. The van der Waals surface area contributed by atoms with E-state index in [2.05, 4.69) is 5.32 Å². The highest BCUT2D eigenvalue weighted by atomic mass is 35.5. The lowest BCUT2D eigenvalue weighted by Gasteiger charge is -2.16. The molecule has 0 heterocycles. The zero-order valence-electron chi connectivity index (χ0n) is 12.3. The zero-order valence-corrected chi connectivity index (χ0v) is 13.8. The average molecular weight is 353 g/mol. The molecule has 0 saturated heterocycles. The molecule has 5 nitrogen and oxygen atoms in total. The molecule has 7 heteroatoms. The van der Waals surface area contributed by atoms with Gasteiger partial charge in [0.25, 0.3) is 5.69 Å². The van der Waals surface area contributed by atoms with Gasteiger partial charge in [-0.3, -0.25) is 14.9 Å². The van der Waals surface area contributed by atoms with Gasteiger partial charge in [0.15, 0.2) is 0 Å². The van der Waals surface area contributed by atoms with E-state index in [4.69, 9.17) is 23.2 Å². The van der Waals surface area contributed by atoms with Crippen LogP contribution in [0.1, 0.15) is 24.1 Å². The smallest absolute Gasteiger partial charge is 0.269 e.